The third-order valence-corrected chi connectivity index (χ3v) is 1.00. The zero-order chi connectivity index (χ0) is 12.4. The highest BCUT2D eigenvalue weighted by molar-refractivity contribution is 4.99. The molecule has 0 radical (unpaired) electrons. The fourth-order valence-corrected chi connectivity index (χ4v) is 0.385. The lowest BCUT2D eigenvalue weighted by Gasteiger charge is -1.69. The first-order valence-electron chi connectivity index (χ1n) is 4.75. The molecule has 0 amide bonds. The molecule has 1 aromatic carbocycles. The van der Waals surface area contributed by atoms with Crippen LogP contribution in [0.2, 0.25) is 0 Å². The summed E-state index contributed by atoms with van der Waals surface area (Å²) in [4.78, 5) is 0. The summed E-state index contributed by atoms with van der Waals surface area (Å²) < 4.78 is 4.25. The fraction of sp³-hybridized carbons (Fsp3) is 0.385. The zero-order valence-corrected chi connectivity index (χ0v) is 10.5. The summed E-state index contributed by atoms with van der Waals surface area (Å²) in [5, 5.41) is 7.00. The highest BCUT2D eigenvalue weighted by Crippen LogP contribution is 1.79. The van der Waals surface area contributed by atoms with Crippen molar-refractivity contribution in [3.05, 3.63) is 48.6 Å². The highest BCUT2D eigenvalue weighted by atomic mass is 16.4. The van der Waals surface area contributed by atoms with Crippen molar-refractivity contribution >= 4 is 0 Å². The Morgan fingerprint density at radius 1 is 0.733 bits per heavy atom. The number of aliphatic hydroxyl groups excluding tert-OH is 1. The van der Waals surface area contributed by atoms with E-state index in [0.717, 1.165) is 7.11 Å². The lowest BCUT2D eigenvalue weighted by molar-refractivity contribution is 0.277. The molecule has 0 atom stereocenters. The third kappa shape index (κ3) is 44.1. The summed E-state index contributed by atoms with van der Waals surface area (Å²) >= 11 is 0. The van der Waals surface area contributed by atoms with Crippen LogP contribution in [0.4, 0.5) is 0 Å². The summed E-state index contributed by atoms with van der Waals surface area (Å²) in [5.41, 5.74) is 0. The van der Waals surface area contributed by atoms with Crippen molar-refractivity contribution in [2.24, 2.45) is 0 Å². The van der Waals surface area contributed by atoms with E-state index in [1.165, 1.54) is 0 Å². The molecule has 0 aromatic heterocycles. The minimum atomic E-state index is 1.00. The monoisotopic (exact) mass is 212 g/mol. The number of hydrogen-bond donors (Lipinski definition) is 1. The first kappa shape index (κ1) is 19.5. The van der Waals surface area contributed by atoms with Crippen molar-refractivity contribution in [3.63, 3.8) is 0 Å². The van der Waals surface area contributed by atoms with Crippen LogP contribution in [0, 0.1) is 0 Å². The Morgan fingerprint density at radius 2 is 0.867 bits per heavy atom. The maximum atomic E-state index is 7.00. The largest absolute Gasteiger partial charge is 0.400 e. The normalized spacial score (nSPS) is 7.33. The number of hydrogen-bond acceptors (Lipinski definition) is 2. The van der Waals surface area contributed by atoms with E-state index in [9.17, 15) is 0 Å². The molecule has 88 valence electrons. The summed E-state index contributed by atoms with van der Waals surface area (Å²) in [6.45, 7) is 4.00. The van der Waals surface area contributed by atoms with E-state index in [4.69, 9.17) is 5.11 Å². The fourth-order valence-electron chi connectivity index (χ4n) is 0.385. The van der Waals surface area contributed by atoms with Crippen LogP contribution >= 0.6 is 0 Å². The standard InChI is InChI=1S/C6H6.C4H8.C2H6O.CH4O/c1-2-4-6-5-3-1;1-3-4-2;1-3-2;1-2/h1-6H;3-4H,1-2H3;1-2H3;2H,1H3. The van der Waals surface area contributed by atoms with E-state index in [0.29, 0.717) is 0 Å². The van der Waals surface area contributed by atoms with Gasteiger partial charge in [-0.25, -0.2) is 0 Å². The Kier molecular flexibility index (Phi) is 38.0. The van der Waals surface area contributed by atoms with Crippen LogP contribution < -0.4 is 0 Å². The van der Waals surface area contributed by atoms with E-state index < -0.39 is 0 Å². The van der Waals surface area contributed by atoms with E-state index in [1.807, 2.05) is 62.4 Å². The number of allylic oxidation sites excluding steroid dienone is 2. The molecule has 0 bridgehead atoms. The molecule has 0 aliphatic carbocycles. The van der Waals surface area contributed by atoms with Gasteiger partial charge in [0.15, 0.2) is 0 Å². The van der Waals surface area contributed by atoms with Crippen molar-refractivity contribution in [2.45, 2.75) is 13.8 Å². The second-order valence-electron chi connectivity index (χ2n) is 2.23. The molecular formula is C13H24O2. The number of methoxy groups -OCH3 is 1. The molecule has 1 rings (SSSR count). The minimum Gasteiger partial charge on any atom is -0.400 e. The van der Waals surface area contributed by atoms with Gasteiger partial charge in [0, 0.05) is 21.3 Å². The number of benzene rings is 1. The highest BCUT2D eigenvalue weighted by Gasteiger charge is 1.57. The molecule has 0 spiro atoms. The van der Waals surface area contributed by atoms with Gasteiger partial charge in [-0.3, -0.25) is 0 Å². The Morgan fingerprint density at radius 3 is 0.933 bits per heavy atom. The van der Waals surface area contributed by atoms with E-state index >= 15 is 0 Å². The van der Waals surface area contributed by atoms with Crippen molar-refractivity contribution in [1.29, 1.82) is 0 Å². The average Bonchev–Trinajstić information content (AvgIpc) is 2.35. The minimum absolute atomic E-state index is 1.00. The quantitative estimate of drug-likeness (QED) is 0.669. The molecule has 0 fully saturated rings. The molecule has 0 saturated heterocycles. The topological polar surface area (TPSA) is 29.5 Å². The summed E-state index contributed by atoms with van der Waals surface area (Å²) in [7, 11) is 4.25. The van der Waals surface area contributed by atoms with Crippen LogP contribution in [0.25, 0.3) is 0 Å². The second-order valence-corrected chi connectivity index (χ2v) is 2.23. The maximum Gasteiger partial charge on any atom is 0.0351 e. The van der Waals surface area contributed by atoms with Gasteiger partial charge in [0.2, 0.25) is 0 Å². The van der Waals surface area contributed by atoms with Crippen molar-refractivity contribution in [1.82, 2.24) is 0 Å². The van der Waals surface area contributed by atoms with Gasteiger partial charge in [-0.2, -0.15) is 0 Å². The molecule has 1 aromatic rings. The van der Waals surface area contributed by atoms with E-state index in [2.05, 4.69) is 4.74 Å². The van der Waals surface area contributed by atoms with E-state index in [-0.39, 0.29) is 0 Å². The van der Waals surface area contributed by atoms with Gasteiger partial charge in [-0.15, -0.1) is 0 Å². The van der Waals surface area contributed by atoms with Crippen LogP contribution in [0.1, 0.15) is 13.8 Å². The van der Waals surface area contributed by atoms with Gasteiger partial charge < -0.3 is 9.84 Å². The molecular weight excluding hydrogens is 188 g/mol. The molecule has 0 heterocycles. The first-order valence-corrected chi connectivity index (χ1v) is 4.75. The first-order chi connectivity index (χ1) is 7.33. The Labute approximate surface area is 94.2 Å². The zero-order valence-electron chi connectivity index (χ0n) is 10.5. The van der Waals surface area contributed by atoms with Crippen molar-refractivity contribution < 1.29 is 9.84 Å². The number of ether oxygens (including phenoxy) is 1. The van der Waals surface area contributed by atoms with Gasteiger partial charge in [-0.1, -0.05) is 48.6 Å². The van der Waals surface area contributed by atoms with Gasteiger partial charge in [0.25, 0.3) is 0 Å². The van der Waals surface area contributed by atoms with Gasteiger partial charge in [0.1, 0.15) is 0 Å². The molecule has 0 saturated carbocycles. The SMILES string of the molecule is CC=CC.CO.COC.c1ccccc1. The molecule has 0 aliphatic rings. The molecule has 0 unspecified atom stereocenters. The molecule has 2 heteroatoms. The Balaban J connectivity index is -0.000000142. The summed E-state index contributed by atoms with van der Waals surface area (Å²) in [6.07, 6.45) is 4.00. The van der Waals surface area contributed by atoms with Crippen molar-refractivity contribution in [3.8, 4) is 0 Å². The predicted octanol–water partition coefficient (Wildman–Crippen LogP) is 3.14. The Hall–Kier alpha value is -1.12. The summed E-state index contributed by atoms with van der Waals surface area (Å²) in [6, 6.07) is 12.0. The van der Waals surface area contributed by atoms with Crippen LogP contribution in [0.15, 0.2) is 48.6 Å². The van der Waals surface area contributed by atoms with Crippen molar-refractivity contribution in [2.75, 3.05) is 21.3 Å². The number of aliphatic hydroxyl groups is 1. The molecule has 1 N–H and O–H groups in total. The Bertz CT molecular complexity index is 140. The van der Waals surface area contributed by atoms with Gasteiger partial charge in [-0.05, 0) is 13.8 Å². The lowest BCUT2D eigenvalue weighted by Crippen LogP contribution is -1.55. The van der Waals surface area contributed by atoms with Crippen LogP contribution in [-0.4, -0.2) is 26.4 Å². The number of rotatable bonds is 0. The average molecular weight is 212 g/mol. The van der Waals surface area contributed by atoms with E-state index in [1.54, 1.807) is 14.2 Å². The summed E-state index contributed by atoms with van der Waals surface area (Å²) in [5.74, 6) is 0. The van der Waals surface area contributed by atoms with Crippen LogP contribution in [0.3, 0.4) is 0 Å². The molecule has 2 nitrogen and oxygen atoms in total. The predicted molar refractivity (Wildman–Crippen MR) is 68.0 cm³/mol. The maximum absolute atomic E-state index is 7.00. The van der Waals surface area contributed by atoms with Crippen LogP contribution in [-0.2, 0) is 4.74 Å². The third-order valence-electron chi connectivity index (χ3n) is 1.00. The second kappa shape index (κ2) is 29.3. The lowest BCUT2D eigenvalue weighted by atomic mass is 10.4. The smallest absolute Gasteiger partial charge is 0.0351 e. The van der Waals surface area contributed by atoms with Gasteiger partial charge in [0.05, 0.1) is 0 Å². The molecule has 0 aliphatic heterocycles. The van der Waals surface area contributed by atoms with Crippen LogP contribution in [0.5, 0.6) is 0 Å². The molecule has 15 heavy (non-hydrogen) atoms. The van der Waals surface area contributed by atoms with Gasteiger partial charge >= 0.3 is 0 Å².